The van der Waals surface area contributed by atoms with Crippen LogP contribution in [0.2, 0.25) is 0 Å². The van der Waals surface area contributed by atoms with Gasteiger partial charge in [-0.3, -0.25) is 9.59 Å². The van der Waals surface area contributed by atoms with Crippen LogP contribution in [0.25, 0.3) is 0 Å². The normalized spacial score (nSPS) is 13.4. The Labute approximate surface area is 271 Å². The Hall–Kier alpha value is -4.28. The molecule has 0 aliphatic heterocycles. The fourth-order valence-corrected chi connectivity index (χ4v) is 7.82. The molecule has 4 aromatic rings. The third kappa shape index (κ3) is 7.51. The van der Waals surface area contributed by atoms with Crippen LogP contribution in [0.5, 0.6) is 11.5 Å². The summed E-state index contributed by atoms with van der Waals surface area (Å²) in [6.45, 7) is 0. The molecule has 1 aliphatic rings. The molecule has 3 aromatic carbocycles. The van der Waals surface area contributed by atoms with E-state index in [1.54, 1.807) is 24.3 Å². The topological polar surface area (TPSA) is 103 Å². The lowest BCUT2D eigenvalue weighted by atomic mass is 9.96. The van der Waals surface area contributed by atoms with Crippen molar-refractivity contribution in [1.29, 1.82) is 0 Å². The lowest BCUT2D eigenvalue weighted by molar-refractivity contribution is -0.115. The number of nitrogens with one attached hydrogen (secondary N) is 2. The largest absolute Gasteiger partial charge is 0.496 e. The Balaban J connectivity index is 1.42. The van der Waals surface area contributed by atoms with E-state index in [1.165, 1.54) is 44.4 Å². The number of amides is 2. The number of thiophene rings is 1. The van der Waals surface area contributed by atoms with Crippen molar-refractivity contribution in [1.82, 2.24) is 0 Å². The number of rotatable bonds is 10. The molecule has 45 heavy (non-hydrogen) atoms. The second-order valence-electron chi connectivity index (χ2n) is 10.5. The van der Waals surface area contributed by atoms with E-state index in [1.807, 2.05) is 48.5 Å². The number of benzene rings is 3. The van der Waals surface area contributed by atoms with Crippen LogP contribution in [0.3, 0.4) is 0 Å². The number of anilines is 2. The van der Waals surface area contributed by atoms with Gasteiger partial charge in [0.1, 0.15) is 27.3 Å². The van der Waals surface area contributed by atoms with Gasteiger partial charge in [0.25, 0.3) is 5.91 Å². The Morgan fingerprint density at radius 3 is 2.16 bits per heavy atom. The lowest BCUT2D eigenvalue weighted by Crippen LogP contribution is -2.20. The number of esters is 1. The molecule has 2 amide bonds. The molecule has 0 radical (unpaired) electrons. The summed E-state index contributed by atoms with van der Waals surface area (Å²) in [4.78, 5) is 42.2. The van der Waals surface area contributed by atoms with Crippen LogP contribution in [0.15, 0.2) is 77.7 Å². The van der Waals surface area contributed by atoms with Crippen molar-refractivity contribution in [2.45, 2.75) is 48.7 Å². The van der Waals surface area contributed by atoms with Crippen molar-refractivity contribution < 1.29 is 28.6 Å². The van der Waals surface area contributed by atoms with Crippen molar-refractivity contribution in [2.75, 3.05) is 32.0 Å². The molecule has 0 saturated heterocycles. The van der Waals surface area contributed by atoms with Crippen LogP contribution < -0.4 is 20.1 Å². The lowest BCUT2D eigenvalue weighted by Gasteiger charge is -2.18. The van der Waals surface area contributed by atoms with Crippen molar-refractivity contribution >= 4 is 51.6 Å². The number of ether oxygens (including phenoxy) is 3. The fraction of sp³-hybridized carbons (Fsp3) is 0.286. The summed E-state index contributed by atoms with van der Waals surface area (Å²) in [5, 5.41) is 5.93. The van der Waals surface area contributed by atoms with Crippen molar-refractivity contribution in [2.24, 2.45) is 0 Å². The number of carbonyl (C=O) groups is 3. The highest BCUT2D eigenvalue weighted by atomic mass is 32.2. The highest BCUT2D eigenvalue weighted by Crippen LogP contribution is 2.41. The summed E-state index contributed by atoms with van der Waals surface area (Å²) in [5.41, 5.74) is 3.12. The number of thioether (sulfide) groups is 1. The molecule has 234 valence electrons. The fourth-order valence-electron chi connectivity index (χ4n) is 5.46. The minimum atomic E-state index is -0.637. The maximum atomic E-state index is 14.0. The number of hydrogen-bond donors (Lipinski definition) is 2. The first-order chi connectivity index (χ1) is 21.9. The summed E-state index contributed by atoms with van der Waals surface area (Å²) < 4.78 is 16.0. The number of methoxy groups -OCH3 is 3. The molecule has 1 atom stereocenters. The average molecular weight is 645 g/mol. The maximum absolute atomic E-state index is 14.0. The summed E-state index contributed by atoms with van der Waals surface area (Å²) in [5.74, 6) is -0.273. The van der Waals surface area contributed by atoms with E-state index < -0.39 is 11.2 Å². The summed E-state index contributed by atoms with van der Waals surface area (Å²) >= 11 is 2.84. The predicted molar refractivity (Wildman–Crippen MR) is 179 cm³/mol. The number of fused-ring (bicyclic) bond motifs is 1. The number of hydrogen-bond acceptors (Lipinski definition) is 8. The van der Waals surface area contributed by atoms with Crippen LogP contribution in [-0.2, 0) is 22.4 Å². The molecule has 1 aliphatic carbocycles. The summed E-state index contributed by atoms with van der Waals surface area (Å²) in [6, 6.07) is 22.0. The number of carbonyl (C=O) groups excluding carboxylic acids is 3. The van der Waals surface area contributed by atoms with E-state index in [0.29, 0.717) is 27.8 Å². The molecule has 1 unspecified atom stereocenters. The van der Waals surface area contributed by atoms with Gasteiger partial charge in [0.15, 0.2) is 0 Å². The van der Waals surface area contributed by atoms with Crippen molar-refractivity contribution in [3.05, 3.63) is 99.9 Å². The Morgan fingerprint density at radius 2 is 1.47 bits per heavy atom. The SMILES string of the molecule is COC(=O)c1c(NC(=O)C(Sc2cccc(NC(=O)c3c(OC)cccc3OC)c2)c2ccccc2)sc2c1CCCCCC2. The van der Waals surface area contributed by atoms with Gasteiger partial charge in [-0.2, -0.15) is 0 Å². The first-order valence-electron chi connectivity index (χ1n) is 14.8. The minimum absolute atomic E-state index is 0.251. The van der Waals surface area contributed by atoms with Crippen LogP contribution in [0, 0.1) is 0 Å². The van der Waals surface area contributed by atoms with Crippen molar-refractivity contribution in [3.63, 3.8) is 0 Å². The quantitative estimate of drug-likeness (QED) is 0.133. The highest BCUT2D eigenvalue weighted by molar-refractivity contribution is 8.00. The monoisotopic (exact) mass is 644 g/mol. The first-order valence-corrected chi connectivity index (χ1v) is 16.5. The molecular weight excluding hydrogens is 609 g/mol. The summed E-state index contributed by atoms with van der Waals surface area (Å²) in [6.07, 6.45) is 6.01. The summed E-state index contributed by atoms with van der Waals surface area (Å²) in [7, 11) is 4.37. The predicted octanol–water partition coefficient (Wildman–Crippen LogP) is 7.94. The zero-order valence-electron chi connectivity index (χ0n) is 25.5. The van der Waals surface area contributed by atoms with E-state index in [4.69, 9.17) is 14.2 Å². The third-order valence-electron chi connectivity index (χ3n) is 7.64. The van der Waals surface area contributed by atoms with Gasteiger partial charge in [-0.1, -0.05) is 55.3 Å². The molecule has 1 heterocycles. The molecule has 1 aromatic heterocycles. The van der Waals surface area contributed by atoms with E-state index in [-0.39, 0.29) is 17.4 Å². The average Bonchev–Trinajstić information content (AvgIpc) is 3.38. The molecule has 0 bridgehead atoms. The molecular formula is C35H36N2O6S2. The van der Waals surface area contributed by atoms with E-state index >= 15 is 0 Å². The minimum Gasteiger partial charge on any atom is -0.496 e. The van der Waals surface area contributed by atoms with Gasteiger partial charge in [0, 0.05) is 15.5 Å². The molecule has 0 fully saturated rings. The second-order valence-corrected chi connectivity index (χ2v) is 12.8. The van der Waals surface area contributed by atoms with Crippen LogP contribution >= 0.6 is 23.1 Å². The standard InChI is InChI=1S/C35H36N2O6S2/c1-41-26-18-12-19-27(42-2)30(26)32(38)36-23-15-11-16-24(21-23)44-31(22-13-7-6-8-14-22)33(39)37-34-29(35(40)43-3)25-17-9-4-5-10-20-28(25)45-34/h6-8,11-16,18-19,21,31H,4-5,9-10,17,20H2,1-3H3,(H,36,38)(H,37,39). The molecule has 10 heteroatoms. The van der Waals surface area contributed by atoms with Crippen LogP contribution in [-0.4, -0.2) is 39.1 Å². The van der Waals surface area contributed by atoms with Gasteiger partial charge in [-0.05, 0) is 67.1 Å². The zero-order chi connectivity index (χ0) is 31.8. The highest BCUT2D eigenvalue weighted by Gasteiger charge is 2.29. The Morgan fingerprint density at radius 1 is 0.778 bits per heavy atom. The van der Waals surface area contributed by atoms with Gasteiger partial charge in [0.05, 0.1) is 26.9 Å². The maximum Gasteiger partial charge on any atom is 0.341 e. The zero-order valence-corrected chi connectivity index (χ0v) is 27.1. The molecule has 2 N–H and O–H groups in total. The van der Waals surface area contributed by atoms with Gasteiger partial charge < -0.3 is 24.8 Å². The smallest absolute Gasteiger partial charge is 0.341 e. The van der Waals surface area contributed by atoms with Crippen LogP contribution in [0.1, 0.15) is 67.7 Å². The van der Waals surface area contributed by atoms with E-state index in [9.17, 15) is 14.4 Å². The third-order valence-corrected chi connectivity index (χ3v) is 10.1. The first kappa shape index (κ1) is 32.1. The van der Waals surface area contributed by atoms with Crippen LogP contribution in [0.4, 0.5) is 10.7 Å². The van der Waals surface area contributed by atoms with E-state index in [0.717, 1.165) is 59.4 Å². The number of aryl methyl sites for hydroxylation is 1. The van der Waals surface area contributed by atoms with Crippen molar-refractivity contribution in [3.8, 4) is 11.5 Å². The van der Waals surface area contributed by atoms with Gasteiger partial charge >= 0.3 is 5.97 Å². The Kier molecular flexibility index (Phi) is 10.8. The van der Waals surface area contributed by atoms with E-state index in [2.05, 4.69) is 10.6 Å². The second kappa shape index (κ2) is 15.1. The molecule has 0 spiro atoms. The molecule has 8 nitrogen and oxygen atoms in total. The Bertz CT molecular complexity index is 1650. The van der Waals surface area contributed by atoms with Gasteiger partial charge in [0.2, 0.25) is 5.91 Å². The van der Waals surface area contributed by atoms with Gasteiger partial charge in [-0.15, -0.1) is 23.1 Å². The van der Waals surface area contributed by atoms with Gasteiger partial charge in [-0.25, -0.2) is 4.79 Å². The molecule has 0 saturated carbocycles. The molecule has 5 rings (SSSR count).